The first-order valence-electron chi connectivity index (χ1n) is 5.63. The Morgan fingerprint density at radius 2 is 2.19 bits per heavy atom. The molecule has 4 nitrogen and oxygen atoms in total. The minimum atomic E-state index is -0.488. The number of piperidine rings is 1. The molecule has 2 bridgehead atoms. The van der Waals surface area contributed by atoms with Crippen molar-refractivity contribution in [2.45, 2.75) is 54.7 Å². The Morgan fingerprint density at radius 1 is 1.50 bits per heavy atom. The first-order chi connectivity index (χ1) is 7.36. The third-order valence-corrected chi connectivity index (χ3v) is 3.67. The van der Waals surface area contributed by atoms with Gasteiger partial charge in [0.05, 0.1) is 18.9 Å². The normalized spacial score (nSPS) is 33.9. The molecule has 2 saturated heterocycles. The number of hydrogen-bond acceptors (Lipinski definition) is 3. The molecule has 0 aromatic carbocycles. The van der Waals surface area contributed by atoms with E-state index < -0.39 is 3.42 Å². The second-order valence-corrected chi connectivity index (χ2v) is 7.91. The van der Waals surface area contributed by atoms with Gasteiger partial charge >= 0.3 is 5.97 Å². The maximum Gasteiger partial charge on any atom is 0.321 e. The third-order valence-electron chi connectivity index (χ3n) is 3.23. The highest BCUT2D eigenvalue weighted by atomic mass is 127. The van der Waals surface area contributed by atoms with Crippen LogP contribution in [0.1, 0.15) is 33.1 Å². The smallest absolute Gasteiger partial charge is 0.321 e. The van der Waals surface area contributed by atoms with Crippen molar-refractivity contribution in [2.24, 2.45) is 0 Å². The fraction of sp³-hybridized carbons (Fsp3) is 0.818. The highest BCUT2D eigenvalue weighted by molar-refractivity contribution is 14.1. The lowest BCUT2D eigenvalue weighted by Crippen LogP contribution is -2.94. The van der Waals surface area contributed by atoms with Crippen LogP contribution in [0.15, 0.2) is 0 Å². The number of carbonyl (C=O) groups excluding carboxylic acids is 2. The molecule has 16 heavy (non-hydrogen) atoms. The van der Waals surface area contributed by atoms with E-state index >= 15 is 0 Å². The van der Waals surface area contributed by atoms with Crippen LogP contribution in [0, 0.1) is 0 Å². The van der Waals surface area contributed by atoms with Crippen LogP contribution in [-0.2, 0) is 14.3 Å². The number of alkyl halides is 1. The molecule has 2 rings (SSSR count). The van der Waals surface area contributed by atoms with Gasteiger partial charge in [-0.1, -0.05) is 22.6 Å². The van der Waals surface area contributed by atoms with E-state index in [1.165, 1.54) is 0 Å². The summed E-state index contributed by atoms with van der Waals surface area (Å²) in [6.45, 7) is 3.68. The minimum Gasteiger partial charge on any atom is -0.455 e. The number of fused-ring (bicyclic) bond motifs is 2. The molecule has 0 aromatic heterocycles. The summed E-state index contributed by atoms with van der Waals surface area (Å²) < 4.78 is 5.02. The van der Waals surface area contributed by atoms with E-state index in [1.807, 2.05) is 13.8 Å². The van der Waals surface area contributed by atoms with E-state index in [0.717, 1.165) is 6.42 Å². The van der Waals surface area contributed by atoms with Crippen molar-refractivity contribution in [1.29, 1.82) is 0 Å². The van der Waals surface area contributed by atoms with Crippen molar-refractivity contribution >= 4 is 34.3 Å². The third kappa shape index (κ3) is 2.56. The monoisotopic (exact) mass is 338 g/mol. The molecule has 3 unspecified atom stereocenters. The summed E-state index contributed by atoms with van der Waals surface area (Å²) in [5.74, 6) is 0.135. The quantitative estimate of drug-likeness (QED) is 0.444. The predicted molar refractivity (Wildman–Crippen MR) is 66.3 cm³/mol. The molecule has 2 heterocycles. The highest BCUT2D eigenvalue weighted by Gasteiger charge is 2.47. The van der Waals surface area contributed by atoms with Gasteiger partial charge in [0.1, 0.15) is 15.2 Å². The van der Waals surface area contributed by atoms with Crippen LogP contribution in [0.2, 0.25) is 0 Å². The Labute approximate surface area is 109 Å². The Bertz CT molecular complexity index is 324. The largest absolute Gasteiger partial charge is 0.455 e. The second kappa shape index (κ2) is 4.25. The van der Waals surface area contributed by atoms with E-state index in [-0.39, 0.29) is 18.1 Å². The lowest BCUT2D eigenvalue weighted by atomic mass is 10.0. The fourth-order valence-corrected chi connectivity index (χ4v) is 2.56. The number of ether oxygens (including phenoxy) is 1. The van der Waals surface area contributed by atoms with Gasteiger partial charge in [0.15, 0.2) is 6.10 Å². The van der Waals surface area contributed by atoms with Gasteiger partial charge in [0, 0.05) is 6.42 Å². The van der Waals surface area contributed by atoms with Crippen molar-refractivity contribution in [1.82, 2.24) is 0 Å². The first-order valence-corrected chi connectivity index (χ1v) is 6.71. The van der Waals surface area contributed by atoms with Crippen molar-refractivity contribution in [3.63, 3.8) is 0 Å². The van der Waals surface area contributed by atoms with Gasteiger partial charge in [-0.2, -0.15) is 0 Å². The van der Waals surface area contributed by atoms with Gasteiger partial charge in [-0.15, -0.1) is 0 Å². The van der Waals surface area contributed by atoms with Crippen LogP contribution in [-0.4, -0.2) is 33.4 Å². The van der Waals surface area contributed by atoms with E-state index in [4.69, 9.17) is 4.74 Å². The maximum atomic E-state index is 11.8. The van der Waals surface area contributed by atoms with Crippen molar-refractivity contribution in [2.75, 3.05) is 0 Å². The van der Waals surface area contributed by atoms with Gasteiger partial charge in [0.25, 0.3) is 0 Å². The molecule has 2 N–H and O–H groups in total. The van der Waals surface area contributed by atoms with Crippen LogP contribution in [0.4, 0.5) is 0 Å². The molecule has 2 aliphatic rings. The molecule has 0 radical (unpaired) electrons. The number of nitrogens with two attached hydrogens (primary N) is 1. The number of quaternary nitrogens is 1. The van der Waals surface area contributed by atoms with Gasteiger partial charge in [-0.25, -0.2) is 0 Å². The predicted octanol–water partition coefficient (Wildman–Crippen LogP) is 0.179. The summed E-state index contributed by atoms with van der Waals surface area (Å²) in [4.78, 5) is 23.2. The van der Waals surface area contributed by atoms with Gasteiger partial charge in [-0.05, 0) is 13.8 Å². The van der Waals surface area contributed by atoms with Crippen molar-refractivity contribution in [3.05, 3.63) is 0 Å². The molecule has 90 valence electrons. The summed E-state index contributed by atoms with van der Waals surface area (Å²) in [6.07, 6.45) is 1.95. The number of rotatable bonds is 2. The molecular weight excluding hydrogens is 321 g/mol. The maximum absolute atomic E-state index is 11.8. The van der Waals surface area contributed by atoms with Crippen LogP contribution >= 0.6 is 22.6 Å². The second-order valence-electron chi connectivity index (χ2n) is 5.22. The van der Waals surface area contributed by atoms with Crippen molar-refractivity contribution < 1.29 is 19.6 Å². The highest BCUT2D eigenvalue weighted by Crippen LogP contribution is 2.25. The standard InChI is InChI=1S/C11H16INO3/c1-11(2,12)10(15)16-9-4-6-3-7(14)5-8(9)13-6/h6,8-9,13H,3-5H2,1-2H3/p+1. The van der Waals surface area contributed by atoms with E-state index in [1.54, 1.807) is 0 Å². The zero-order chi connectivity index (χ0) is 11.9. The molecule has 0 saturated carbocycles. The number of ketones is 1. The minimum absolute atomic E-state index is 0.0713. The van der Waals surface area contributed by atoms with Gasteiger partial charge < -0.3 is 10.1 Å². The summed E-state index contributed by atoms with van der Waals surface area (Å²) in [6, 6.07) is 0.496. The number of Topliss-reactive ketones (excluding diaryl/α,β-unsaturated/α-hetero) is 1. The number of hydrogen-bond donors (Lipinski definition) is 1. The van der Waals surface area contributed by atoms with Crippen LogP contribution in [0.25, 0.3) is 0 Å². The lowest BCUT2D eigenvalue weighted by Gasteiger charge is -2.21. The van der Waals surface area contributed by atoms with E-state index in [2.05, 4.69) is 27.9 Å². The number of carbonyl (C=O) groups is 2. The molecule has 5 heteroatoms. The SMILES string of the molecule is CC(C)(I)C(=O)OC1CC2CC(=O)CC1[NH2+]2. The molecule has 3 atom stereocenters. The summed E-state index contributed by atoms with van der Waals surface area (Å²) in [5.41, 5.74) is 0. The van der Waals surface area contributed by atoms with Gasteiger partial charge in [0.2, 0.25) is 0 Å². The topological polar surface area (TPSA) is 60.0 Å². The van der Waals surface area contributed by atoms with Gasteiger partial charge in [-0.3, -0.25) is 9.59 Å². The number of esters is 1. The Morgan fingerprint density at radius 3 is 2.81 bits per heavy atom. The molecular formula is C11H17INO3+. The zero-order valence-electron chi connectivity index (χ0n) is 9.53. The average Bonchev–Trinajstić information content (AvgIpc) is 2.40. The first kappa shape index (κ1) is 12.3. The summed E-state index contributed by atoms with van der Waals surface area (Å²) in [5, 5.41) is 2.19. The molecule has 2 fully saturated rings. The Hall–Kier alpha value is -0.170. The lowest BCUT2D eigenvalue weighted by molar-refractivity contribution is -0.706. The molecule has 0 spiro atoms. The average molecular weight is 338 g/mol. The molecule has 0 aromatic rings. The summed E-state index contributed by atoms with van der Waals surface area (Å²) >= 11 is 2.08. The van der Waals surface area contributed by atoms with Crippen LogP contribution in [0.3, 0.4) is 0 Å². The Kier molecular flexibility index (Phi) is 3.27. The summed E-state index contributed by atoms with van der Waals surface area (Å²) in [7, 11) is 0. The molecule has 0 amide bonds. The van der Waals surface area contributed by atoms with E-state index in [9.17, 15) is 9.59 Å². The van der Waals surface area contributed by atoms with E-state index in [0.29, 0.717) is 24.7 Å². The number of halogens is 1. The fourth-order valence-electron chi connectivity index (χ4n) is 2.43. The zero-order valence-corrected chi connectivity index (χ0v) is 11.7. The van der Waals surface area contributed by atoms with Crippen LogP contribution in [0.5, 0.6) is 0 Å². The van der Waals surface area contributed by atoms with Crippen LogP contribution < -0.4 is 5.32 Å². The molecule has 2 aliphatic heterocycles. The van der Waals surface area contributed by atoms with Crippen molar-refractivity contribution in [3.8, 4) is 0 Å². The molecule has 0 aliphatic carbocycles. The Balaban J connectivity index is 1.97.